The highest BCUT2D eigenvalue weighted by atomic mass is 16.5. The minimum absolute atomic E-state index is 0.0363. The number of benzene rings is 3. The first kappa shape index (κ1) is 43.0. The summed E-state index contributed by atoms with van der Waals surface area (Å²) in [6, 6.07) is 26.7. The number of nitrogens with zero attached hydrogens (tertiary/aromatic N) is 9. The summed E-state index contributed by atoms with van der Waals surface area (Å²) in [5.74, 6) is 4.23. The van der Waals surface area contributed by atoms with Gasteiger partial charge in [0.05, 0.1) is 19.8 Å². The fourth-order valence-electron chi connectivity index (χ4n) is 7.61. The molecule has 0 aliphatic carbocycles. The summed E-state index contributed by atoms with van der Waals surface area (Å²) in [4.78, 5) is 38.5. The van der Waals surface area contributed by atoms with E-state index in [0.29, 0.717) is 68.3 Å². The maximum atomic E-state index is 10.0. The van der Waals surface area contributed by atoms with Crippen LogP contribution in [0.4, 0.5) is 34.9 Å². The SMILES string of the molecule is CCCN(CCC)c1nc(CCO)nc2c1nc(Nc1cccc(C)c1)n2CCCN(CCC)c1nc(CCOCc2ccccc2)nc2nc(Nc3cccc(C)c3)[nH]c12. The second-order valence-electron chi connectivity index (χ2n) is 15.5. The average molecular weight is 825 g/mol. The van der Waals surface area contributed by atoms with Gasteiger partial charge in [-0.15, -0.1) is 0 Å². The number of aromatic nitrogens is 8. The zero-order valence-electron chi connectivity index (χ0n) is 36.3. The number of fused-ring (bicyclic) bond motifs is 2. The highest BCUT2D eigenvalue weighted by molar-refractivity contribution is 5.87. The largest absolute Gasteiger partial charge is 0.396 e. The van der Waals surface area contributed by atoms with Crippen molar-refractivity contribution in [3.63, 3.8) is 0 Å². The summed E-state index contributed by atoms with van der Waals surface area (Å²) in [7, 11) is 0. The molecule has 0 unspecified atom stereocenters. The molecule has 4 aromatic heterocycles. The number of hydrogen-bond acceptors (Lipinski definition) is 12. The number of aryl methyl sites for hydroxylation is 3. The number of aliphatic hydroxyl groups is 1. The minimum atomic E-state index is -0.0363. The van der Waals surface area contributed by atoms with Crippen molar-refractivity contribution in [3.05, 3.63) is 107 Å². The first-order chi connectivity index (χ1) is 29.8. The number of hydrogen-bond donors (Lipinski definition) is 4. The van der Waals surface area contributed by atoms with Crippen molar-refractivity contribution in [2.75, 3.05) is 59.8 Å². The van der Waals surface area contributed by atoms with Crippen LogP contribution in [-0.4, -0.2) is 84.0 Å². The van der Waals surface area contributed by atoms with E-state index in [1.165, 1.54) is 0 Å². The molecular formula is C47H60N12O2. The van der Waals surface area contributed by atoms with Crippen LogP contribution < -0.4 is 20.4 Å². The predicted molar refractivity (Wildman–Crippen MR) is 246 cm³/mol. The van der Waals surface area contributed by atoms with Gasteiger partial charge in [0.1, 0.15) is 17.2 Å². The van der Waals surface area contributed by atoms with Crippen molar-refractivity contribution in [1.29, 1.82) is 0 Å². The lowest BCUT2D eigenvalue weighted by Gasteiger charge is -2.24. The van der Waals surface area contributed by atoms with Gasteiger partial charge in [0.25, 0.3) is 0 Å². The zero-order chi connectivity index (χ0) is 42.6. The van der Waals surface area contributed by atoms with Gasteiger partial charge in [0.15, 0.2) is 28.4 Å². The summed E-state index contributed by atoms with van der Waals surface area (Å²) < 4.78 is 8.25. The molecule has 0 saturated heterocycles. The van der Waals surface area contributed by atoms with E-state index >= 15 is 0 Å². The predicted octanol–water partition coefficient (Wildman–Crippen LogP) is 8.82. The summed E-state index contributed by atoms with van der Waals surface area (Å²) in [5.41, 5.74) is 8.23. The van der Waals surface area contributed by atoms with Crippen LogP contribution in [0.5, 0.6) is 0 Å². The highest BCUT2D eigenvalue weighted by Crippen LogP contribution is 2.31. The van der Waals surface area contributed by atoms with Gasteiger partial charge in [0.2, 0.25) is 11.9 Å². The van der Waals surface area contributed by atoms with Crippen LogP contribution in [0.3, 0.4) is 0 Å². The number of ether oxygens (including phenoxy) is 1. The molecule has 61 heavy (non-hydrogen) atoms. The van der Waals surface area contributed by atoms with E-state index in [1.807, 2.05) is 36.4 Å². The van der Waals surface area contributed by atoms with Gasteiger partial charge in [-0.2, -0.15) is 4.98 Å². The molecule has 4 N–H and O–H groups in total. The molecule has 320 valence electrons. The van der Waals surface area contributed by atoms with Crippen LogP contribution in [0.25, 0.3) is 22.3 Å². The molecule has 0 spiro atoms. The molecule has 3 aromatic carbocycles. The molecule has 7 rings (SSSR count). The van der Waals surface area contributed by atoms with Gasteiger partial charge in [-0.3, -0.25) is 4.57 Å². The number of aromatic amines is 1. The third-order valence-electron chi connectivity index (χ3n) is 10.4. The van der Waals surface area contributed by atoms with Gasteiger partial charge in [-0.25, -0.2) is 24.9 Å². The van der Waals surface area contributed by atoms with E-state index in [4.69, 9.17) is 34.6 Å². The lowest BCUT2D eigenvalue weighted by molar-refractivity contribution is 0.122. The third-order valence-corrected chi connectivity index (χ3v) is 10.4. The van der Waals surface area contributed by atoms with Crippen LogP contribution in [0.2, 0.25) is 0 Å². The van der Waals surface area contributed by atoms with Gasteiger partial charge < -0.3 is 35.3 Å². The van der Waals surface area contributed by atoms with Gasteiger partial charge in [-0.1, -0.05) is 75.4 Å². The van der Waals surface area contributed by atoms with Crippen LogP contribution in [0.1, 0.15) is 74.8 Å². The molecular weight excluding hydrogens is 765 g/mol. The molecule has 0 atom stereocenters. The second kappa shape index (κ2) is 20.9. The topological polar surface area (TPSA) is 158 Å². The second-order valence-corrected chi connectivity index (χ2v) is 15.5. The average Bonchev–Trinajstić information content (AvgIpc) is 3.82. The van der Waals surface area contributed by atoms with Crippen molar-refractivity contribution in [3.8, 4) is 0 Å². The van der Waals surface area contributed by atoms with E-state index in [0.717, 1.165) is 102 Å². The first-order valence-electron chi connectivity index (χ1n) is 21.8. The number of aliphatic hydroxyl groups excluding tert-OH is 1. The Hall–Kier alpha value is -6.12. The van der Waals surface area contributed by atoms with Crippen molar-refractivity contribution in [2.45, 2.75) is 86.3 Å². The highest BCUT2D eigenvalue weighted by Gasteiger charge is 2.23. The van der Waals surface area contributed by atoms with Crippen molar-refractivity contribution in [1.82, 2.24) is 39.5 Å². The van der Waals surface area contributed by atoms with Crippen LogP contribution in [-0.2, 0) is 30.7 Å². The van der Waals surface area contributed by atoms with Gasteiger partial charge >= 0.3 is 0 Å². The summed E-state index contributed by atoms with van der Waals surface area (Å²) in [5, 5.41) is 17.1. The third kappa shape index (κ3) is 11.0. The first-order valence-corrected chi connectivity index (χ1v) is 21.8. The Morgan fingerprint density at radius 1 is 0.689 bits per heavy atom. The van der Waals surface area contributed by atoms with Crippen molar-refractivity contribution >= 4 is 57.2 Å². The summed E-state index contributed by atoms with van der Waals surface area (Å²) in [6.07, 6.45) is 4.54. The number of anilines is 6. The maximum absolute atomic E-state index is 10.0. The zero-order valence-corrected chi connectivity index (χ0v) is 36.3. The van der Waals surface area contributed by atoms with E-state index in [9.17, 15) is 5.11 Å². The Balaban J connectivity index is 1.22. The van der Waals surface area contributed by atoms with Crippen LogP contribution >= 0.6 is 0 Å². The van der Waals surface area contributed by atoms with Crippen molar-refractivity contribution in [2.24, 2.45) is 0 Å². The molecule has 0 bridgehead atoms. The van der Waals surface area contributed by atoms with Crippen LogP contribution in [0.15, 0.2) is 78.9 Å². The Bertz CT molecular complexity index is 2480. The maximum Gasteiger partial charge on any atom is 0.209 e. The van der Waals surface area contributed by atoms with E-state index < -0.39 is 0 Å². The van der Waals surface area contributed by atoms with E-state index in [1.54, 1.807) is 0 Å². The lowest BCUT2D eigenvalue weighted by atomic mass is 10.2. The Kier molecular flexibility index (Phi) is 14.7. The van der Waals surface area contributed by atoms with E-state index in [-0.39, 0.29) is 6.61 Å². The van der Waals surface area contributed by atoms with Crippen molar-refractivity contribution < 1.29 is 9.84 Å². The molecule has 0 saturated carbocycles. The number of imidazole rings is 2. The molecule has 0 amide bonds. The molecule has 14 heteroatoms. The molecule has 4 heterocycles. The molecule has 0 aliphatic heterocycles. The number of nitrogens with one attached hydrogen (secondary N) is 3. The van der Waals surface area contributed by atoms with Crippen LogP contribution in [0, 0.1) is 13.8 Å². The Morgan fingerprint density at radius 3 is 2.02 bits per heavy atom. The standard InChI is InChI=1S/C47H60N12O2/c1-6-23-57(24-7-2)44-41-45(53-38(51-44)21-28-60)59(47(55-41)49-37-20-13-16-34(5)31-37)27-14-26-58(25-8-3)43-40-42(56-46(54-40)48-36-19-12-15-33(4)30-36)50-39(52-43)22-29-61-32-35-17-10-9-11-18-35/h9-13,15-20,30-31,60H,6-8,14,21-29,32H2,1-5H3,(H,49,55)(H2,48,50,52,54,56). The summed E-state index contributed by atoms with van der Waals surface area (Å²) >= 11 is 0. The summed E-state index contributed by atoms with van der Waals surface area (Å²) in [6.45, 7) is 15.5. The Labute approximate surface area is 358 Å². The quantitative estimate of drug-likeness (QED) is 0.0455. The van der Waals surface area contributed by atoms with Gasteiger partial charge in [-0.05, 0) is 80.5 Å². The Morgan fingerprint density at radius 2 is 1.34 bits per heavy atom. The molecule has 0 aliphatic rings. The fourth-order valence-corrected chi connectivity index (χ4v) is 7.61. The molecule has 7 aromatic rings. The van der Waals surface area contributed by atoms with E-state index in [2.05, 4.69) is 107 Å². The molecule has 0 radical (unpaired) electrons. The molecule has 14 nitrogen and oxygen atoms in total. The minimum Gasteiger partial charge on any atom is -0.396 e. The van der Waals surface area contributed by atoms with Gasteiger partial charge in [0, 0.05) is 56.9 Å². The molecule has 0 fully saturated rings. The smallest absolute Gasteiger partial charge is 0.209 e. The normalized spacial score (nSPS) is 11.4. The number of rotatable bonds is 23. The monoisotopic (exact) mass is 824 g/mol. The fraction of sp³-hybridized carbons (Fsp3) is 0.404. The number of H-pyrrole nitrogens is 1. The lowest BCUT2D eigenvalue weighted by Crippen LogP contribution is -2.28.